The maximum atomic E-state index is 11.5. The largest absolute Gasteiger partial charge is 0.493 e. The lowest BCUT2D eigenvalue weighted by atomic mass is 10.1. The predicted octanol–water partition coefficient (Wildman–Crippen LogP) is 1.42. The molecule has 3 rings (SSSR count). The number of rotatable bonds is 12. The van der Waals surface area contributed by atoms with Crippen LogP contribution in [0, 0.1) is 5.92 Å². The first kappa shape index (κ1) is 22.1. The van der Waals surface area contributed by atoms with Gasteiger partial charge in [0.15, 0.2) is 0 Å². The average Bonchev–Trinajstić information content (AvgIpc) is 3.53. The number of ether oxygens (including phenoxy) is 2. The summed E-state index contributed by atoms with van der Waals surface area (Å²) in [6, 6.07) is 4.96. The van der Waals surface area contributed by atoms with Crippen LogP contribution in [0.3, 0.4) is 0 Å². The highest BCUT2D eigenvalue weighted by Gasteiger charge is 2.22. The van der Waals surface area contributed by atoms with Gasteiger partial charge in [0.05, 0.1) is 25.4 Å². The van der Waals surface area contributed by atoms with Crippen molar-refractivity contribution in [2.24, 2.45) is 5.92 Å². The molecule has 1 heterocycles. The van der Waals surface area contributed by atoms with Crippen LogP contribution in [0.5, 0.6) is 5.75 Å². The fourth-order valence-corrected chi connectivity index (χ4v) is 3.37. The molecule has 1 aromatic carbocycles. The average molecular weight is 429 g/mol. The molecule has 9 nitrogen and oxygen atoms in total. The molecule has 10 heteroatoms. The summed E-state index contributed by atoms with van der Waals surface area (Å²) < 4.78 is 35.9. The maximum Gasteiger partial charge on any atom is 0.335 e. The molecule has 1 aliphatic heterocycles. The van der Waals surface area contributed by atoms with E-state index in [0.717, 1.165) is 38.0 Å². The van der Waals surface area contributed by atoms with Crippen LogP contribution in [-0.2, 0) is 26.8 Å². The Hall–Kier alpha value is -1.56. The van der Waals surface area contributed by atoms with E-state index in [9.17, 15) is 14.1 Å². The summed E-state index contributed by atoms with van der Waals surface area (Å²) in [4.78, 5) is 15.6. The number of morpholine rings is 1. The Kier molecular flexibility index (Phi) is 8.40. The summed E-state index contributed by atoms with van der Waals surface area (Å²) in [6.45, 7) is 5.37. The molecule has 1 saturated carbocycles. The molecule has 0 amide bonds. The van der Waals surface area contributed by atoms with E-state index in [4.69, 9.17) is 18.2 Å². The number of benzene rings is 1. The maximum absolute atomic E-state index is 11.5. The lowest BCUT2D eigenvalue weighted by Gasteiger charge is -2.29. The highest BCUT2D eigenvalue weighted by Crippen LogP contribution is 2.30. The summed E-state index contributed by atoms with van der Waals surface area (Å²) in [5.74, 6) is 0.0761. The summed E-state index contributed by atoms with van der Waals surface area (Å²) in [7, 11) is 0. The Morgan fingerprint density at radius 3 is 2.69 bits per heavy atom. The molecule has 0 aromatic heterocycles. The molecule has 1 saturated heterocycles. The summed E-state index contributed by atoms with van der Waals surface area (Å²) in [6.07, 6.45) is 2.30. The van der Waals surface area contributed by atoms with E-state index in [0.29, 0.717) is 44.6 Å². The van der Waals surface area contributed by atoms with E-state index >= 15 is 0 Å². The molecule has 2 N–H and O–H groups in total. The fourth-order valence-electron chi connectivity index (χ4n) is 3.13. The SMILES string of the molecule is O=C(O)c1cc(CN(CCN2CCOCC2)COS(=O)O)cc(OCC2CC2)c1. The van der Waals surface area contributed by atoms with Crippen molar-refractivity contribution in [3.8, 4) is 5.75 Å². The van der Waals surface area contributed by atoms with Gasteiger partial charge in [0.25, 0.3) is 0 Å². The Morgan fingerprint density at radius 2 is 2.03 bits per heavy atom. The van der Waals surface area contributed by atoms with Gasteiger partial charge < -0.3 is 14.6 Å². The van der Waals surface area contributed by atoms with Gasteiger partial charge in [0, 0.05) is 32.7 Å². The fraction of sp³-hybridized carbons (Fsp3) is 0.632. The molecule has 0 radical (unpaired) electrons. The smallest absolute Gasteiger partial charge is 0.335 e. The van der Waals surface area contributed by atoms with Crippen molar-refractivity contribution in [1.82, 2.24) is 9.80 Å². The standard InChI is InChI=1S/C19H28N2O7S/c22-19(23)17-9-16(10-18(11-17)27-13-15-1-2-15)12-21(14-28-29(24)25)4-3-20-5-7-26-8-6-20/h9-11,15H,1-8,12-14H2,(H,22,23)(H,24,25). The minimum Gasteiger partial charge on any atom is -0.493 e. The molecule has 29 heavy (non-hydrogen) atoms. The van der Waals surface area contributed by atoms with Gasteiger partial charge in [-0.1, -0.05) is 0 Å². The molecule has 0 spiro atoms. The van der Waals surface area contributed by atoms with Gasteiger partial charge in [0.2, 0.25) is 0 Å². The zero-order valence-corrected chi connectivity index (χ0v) is 17.1. The van der Waals surface area contributed by atoms with Crippen molar-refractivity contribution in [3.05, 3.63) is 29.3 Å². The van der Waals surface area contributed by atoms with Crippen molar-refractivity contribution in [2.75, 3.05) is 52.7 Å². The normalized spacial score (nSPS) is 18.7. The molecule has 2 fully saturated rings. The molecular formula is C19H28N2O7S. The Labute approximate surface area is 173 Å². The quantitative estimate of drug-likeness (QED) is 0.377. The number of hydrogen-bond donors (Lipinski definition) is 2. The molecular weight excluding hydrogens is 400 g/mol. The molecule has 1 unspecified atom stereocenters. The van der Waals surface area contributed by atoms with Crippen LogP contribution in [0.25, 0.3) is 0 Å². The number of nitrogens with zero attached hydrogens (tertiary/aromatic N) is 2. The molecule has 1 aromatic rings. The van der Waals surface area contributed by atoms with Crippen LogP contribution in [0.1, 0.15) is 28.8 Å². The second-order valence-electron chi connectivity index (χ2n) is 7.40. The summed E-state index contributed by atoms with van der Waals surface area (Å²) in [5.41, 5.74) is 0.915. The molecule has 1 aliphatic carbocycles. The van der Waals surface area contributed by atoms with Crippen molar-refractivity contribution in [2.45, 2.75) is 19.4 Å². The summed E-state index contributed by atoms with van der Waals surface area (Å²) in [5, 5.41) is 9.42. The van der Waals surface area contributed by atoms with Crippen molar-refractivity contribution >= 4 is 17.3 Å². The molecule has 162 valence electrons. The first-order valence-corrected chi connectivity index (χ1v) is 10.8. The van der Waals surface area contributed by atoms with E-state index in [1.807, 2.05) is 11.0 Å². The van der Waals surface area contributed by atoms with Crippen LogP contribution in [-0.4, -0.2) is 82.4 Å². The highest BCUT2D eigenvalue weighted by atomic mass is 32.2. The van der Waals surface area contributed by atoms with E-state index in [1.54, 1.807) is 6.07 Å². The second-order valence-corrected chi connectivity index (χ2v) is 8.07. The minimum atomic E-state index is -2.36. The molecule has 0 bridgehead atoms. The monoisotopic (exact) mass is 428 g/mol. The van der Waals surface area contributed by atoms with Gasteiger partial charge in [-0.2, -0.15) is 4.21 Å². The third kappa shape index (κ3) is 8.00. The lowest BCUT2D eigenvalue weighted by Crippen LogP contribution is -2.41. The Morgan fingerprint density at radius 1 is 1.28 bits per heavy atom. The highest BCUT2D eigenvalue weighted by molar-refractivity contribution is 7.74. The van der Waals surface area contributed by atoms with Crippen LogP contribution < -0.4 is 4.74 Å². The first-order valence-electron chi connectivity index (χ1n) is 9.76. The van der Waals surface area contributed by atoms with Gasteiger partial charge in [-0.15, -0.1) is 0 Å². The van der Waals surface area contributed by atoms with Gasteiger partial charge in [0.1, 0.15) is 12.5 Å². The zero-order chi connectivity index (χ0) is 20.6. The molecule has 2 aliphatic rings. The summed E-state index contributed by atoms with van der Waals surface area (Å²) >= 11 is -2.36. The van der Waals surface area contributed by atoms with Crippen LogP contribution >= 0.6 is 0 Å². The van der Waals surface area contributed by atoms with Gasteiger partial charge in [-0.05, 0) is 42.5 Å². The van der Waals surface area contributed by atoms with E-state index in [-0.39, 0.29) is 12.3 Å². The zero-order valence-electron chi connectivity index (χ0n) is 16.3. The lowest BCUT2D eigenvalue weighted by molar-refractivity contribution is 0.0274. The Balaban J connectivity index is 1.65. The van der Waals surface area contributed by atoms with Gasteiger partial charge >= 0.3 is 17.3 Å². The molecule has 1 atom stereocenters. The first-order chi connectivity index (χ1) is 14.0. The topological polar surface area (TPSA) is 109 Å². The van der Waals surface area contributed by atoms with Crippen LogP contribution in [0.15, 0.2) is 18.2 Å². The van der Waals surface area contributed by atoms with E-state index < -0.39 is 17.3 Å². The van der Waals surface area contributed by atoms with Gasteiger partial charge in [-0.3, -0.25) is 18.5 Å². The number of hydrogen-bond acceptors (Lipinski definition) is 7. The number of carbonyl (C=O) groups is 1. The van der Waals surface area contributed by atoms with E-state index in [1.165, 1.54) is 6.07 Å². The van der Waals surface area contributed by atoms with Gasteiger partial charge in [-0.25, -0.2) is 4.79 Å². The number of aromatic carboxylic acids is 1. The van der Waals surface area contributed by atoms with Crippen LogP contribution in [0.4, 0.5) is 0 Å². The van der Waals surface area contributed by atoms with Crippen LogP contribution in [0.2, 0.25) is 0 Å². The third-order valence-corrected chi connectivity index (χ3v) is 5.28. The number of carboxylic acids is 1. The van der Waals surface area contributed by atoms with Crippen molar-refractivity contribution < 1.29 is 32.3 Å². The minimum absolute atomic E-state index is 0.0387. The van der Waals surface area contributed by atoms with E-state index in [2.05, 4.69) is 4.90 Å². The number of carboxylic acid groups (broad SMARTS) is 1. The van der Waals surface area contributed by atoms with Crippen molar-refractivity contribution in [1.29, 1.82) is 0 Å². The predicted molar refractivity (Wildman–Crippen MR) is 106 cm³/mol. The third-order valence-electron chi connectivity index (χ3n) is 4.97. The Bertz CT molecular complexity index is 708. The second kappa shape index (κ2) is 11.0. The van der Waals surface area contributed by atoms with Crippen molar-refractivity contribution in [3.63, 3.8) is 0 Å².